The van der Waals surface area contributed by atoms with Gasteiger partial charge in [-0.2, -0.15) is 0 Å². The Kier molecular flexibility index (Phi) is 5.62. The molecular weight excluding hydrogens is 289 g/mol. The Bertz CT molecular complexity index is 441. The highest BCUT2D eigenvalue weighted by atomic mass is 35.5. The predicted molar refractivity (Wildman–Crippen MR) is 75.3 cm³/mol. The molecule has 0 aliphatic rings. The second kappa shape index (κ2) is 6.57. The van der Waals surface area contributed by atoms with Gasteiger partial charge in [0.05, 0.1) is 12.1 Å². The van der Waals surface area contributed by atoms with Crippen molar-refractivity contribution in [2.24, 2.45) is 0 Å². The highest BCUT2D eigenvalue weighted by Crippen LogP contribution is 2.24. The highest BCUT2D eigenvalue weighted by Gasteiger charge is 2.27. The van der Waals surface area contributed by atoms with E-state index in [1.807, 2.05) is 6.92 Å². The van der Waals surface area contributed by atoms with Gasteiger partial charge in [-0.05, 0) is 37.1 Å². The zero-order valence-corrected chi connectivity index (χ0v) is 12.3. The summed E-state index contributed by atoms with van der Waals surface area (Å²) in [6.07, 6.45) is -0.841. The molecule has 0 fully saturated rings. The first-order valence-corrected chi connectivity index (χ1v) is 6.64. The maximum absolute atomic E-state index is 11.9. The molecular formula is C13H17Cl2NO3. The van der Waals surface area contributed by atoms with Gasteiger partial charge in [-0.25, -0.2) is 0 Å². The maximum Gasteiger partial charge on any atom is 0.253 e. The lowest BCUT2D eigenvalue weighted by atomic mass is 9.99. The monoisotopic (exact) mass is 305 g/mol. The van der Waals surface area contributed by atoms with Gasteiger partial charge in [-0.3, -0.25) is 4.79 Å². The van der Waals surface area contributed by atoms with Gasteiger partial charge >= 0.3 is 0 Å². The van der Waals surface area contributed by atoms with Gasteiger partial charge < -0.3 is 15.5 Å². The van der Waals surface area contributed by atoms with Crippen LogP contribution in [0.4, 0.5) is 0 Å². The van der Waals surface area contributed by atoms with Crippen LogP contribution in [-0.2, 0) is 4.79 Å². The standard InChI is InChI=1S/C13H17Cl2NO3/c1-3-13(2,7-17)16-12(19)11(18)8-4-9(14)6-10(15)5-8/h4-6,11,17-18H,3,7H2,1-2H3,(H,16,19)/t11-,13+/m1/s1. The Morgan fingerprint density at radius 2 is 1.89 bits per heavy atom. The topological polar surface area (TPSA) is 69.6 Å². The van der Waals surface area contributed by atoms with Crippen molar-refractivity contribution in [2.45, 2.75) is 31.9 Å². The fraction of sp³-hybridized carbons (Fsp3) is 0.462. The third-order valence-corrected chi connectivity index (χ3v) is 3.44. The molecule has 106 valence electrons. The predicted octanol–water partition coefficient (Wildman–Crippen LogP) is 2.30. The van der Waals surface area contributed by atoms with Crippen LogP contribution >= 0.6 is 23.2 Å². The summed E-state index contributed by atoms with van der Waals surface area (Å²) in [5.74, 6) is -0.600. The number of aliphatic hydroxyl groups excluding tert-OH is 2. The zero-order chi connectivity index (χ0) is 14.6. The van der Waals surface area contributed by atoms with E-state index >= 15 is 0 Å². The summed E-state index contributed by atoms with van der Waals surface area (Å²) in [5.41, 5.74) is -0.452. The van der Waals surface area contributed by atoms with Crippen molar-refractivity contribution in [3.8, 4) is 0 Å². The second-order valence-electron chi connectivity index (χ2n) is 4.67. The van der Waals surface area contributed by atoms with E-state index in [2.05, 4.69) is 5.32 Å². The second-order valence-corrected chi connectivity index (χ2v) is 5.54. The molecule has 2 atom stereocenters. The molecule has 0 spiro atoms. The van der Waals surface area contributed by atoms with Crippen LogP contribution in [0.3, 0.4) is 0 Å². The summed E-state index contributed by atoms with van der Waals surface area (Å²) in [4.78, 5) is 11.9. The molecule has 0 heterocycles. The molecule has 0 radical (unpaired) electrons. The molecule has 0 saturated carbocycles. The third-order valence-electron chi connectivity index (χ3n) is 3.00. The van der Waals surface area contributed by atoms with E-state index in [0.29, 0.717) is 22.0 Å². The average molecular weight is 306 g/mol. The number of hydrogen-bond donors (Lipinski definition) is 3. The van der Waals surface area contributed by atoms with Crippen LogP contribution in [0.5, 0.6) is 0 Å². The number of aliphatic hydroxyl groups is 2. The van der Waals surface area contributed by atoms with Crippen LogP contribution in [0.25, 0.3) is 0 Å². The highest BCUT2D eigenvalue weighted by molar-refractivity contribution is 6.34. The first-order chi connectivity index (χ1) is 8.81. The van der Waals surface area contributed by atoms with Crippen LogP contribution in [-0.4, -0.2) is 28.3 Å². The fourth-order valence-corrected chi connectivity index (χ4v) is 2.03. The van der Waals surface area contributed by atoms with E-state index in [1.165, 1.54) is 18.2 Å². The van der Waals surface area contributed by atoms with Crippen molar-refractivity contribution in [1.29, 1.82) is 0 Å². The quantitative estimate of drug-likeness (QED) is 0.782. The average Bonchev–Trinajstić information content (AvgIpc) is 2.36. The van der Waals surface area contributed by atoms with Crippen LogP contribution in [0.1, 0.15) is 31.9 Å². The Labute approximate surface area is 122 Å². The smallest absolute Gasteiger partial charge is 0.253 e. The molecule has 6 heteroatoms. The normalized spacial score (nSPS) is 15.7. The molecule has 0 bridgehead atoms. The number of nitrogens with one attached hydrogen (secondary N) is 1. The van der Waals surface area contributed by atoms with Gasteiger partial charge in [0.25, 0.3) is 5.91 Å². The SMILES string of the molecule is CC[C@@](C)(CO)NC(=O)[C@H](O)c1cc(Cl)cc(Cl)c1. The first kappa shape index (κ1) is 16.2. The number of hydrogen-bond acceptors (Lipinski definition) is 3. The van der Waals surface area contributed by atoms with Crippen molar-refractivity contribution < 1.29 is 15.0 Å². The van der Waals surface area contributed by atoms with Gasteiger partial charge in [-0.1, -0.05) is 30.1 Å². The van der Waals surface area contributed by atoms with E-state index in [-0.39, 0.29) is 6.61 Å². The minimum atomic E-state index is -1.38. The van der Waals surface area contributed by atoms with E-state index in [0.717, 1.165) is 0 Å². The Morgan fingerprint density at radius 3 is 2.32 bits per heavy atom. The largest absolute Gasteiger partial charge is 0.394 e. The molecule has 1 aromatic rings. The van der Waals surface area contributed by atoms with Gasteiger partial charge in [-0.15, -0.1) is 0 Å². The lowest BCUT2D eigenvalue weighted by molar-refractivity contribution is -0.132. The third kappa shape index (κ3) is 4.35. The van der Waals surface area contributed by atoms with Crippen molar-refractivity contribution in [3.63, 3.8) is 0 Å². The van der Waals surface area contributed by atoms with Gasteiger partial charge in [0.2, 0.25) is 0 Å². The van der Waals surface area contributed by atoms with E-state index < -0.39 is 17.6 Å². The summed E-state index contributed by atoms with van der Waals surface area (Å²) in [6.45, 7) is 3.32. The minimum absolute atomic E-state index is 0.210. The molecule has 19 heavy (non-hydrogen) atoms. The van der Waals surface area contributed by atoms with E-state index in [4.69, 9.17) is 23.2 Å². The number of benzene rings is 1. The Morgan fingerprint density at radius 1 is 1.37 bits per heavy atom. The number of carbonyl (C=O) groups is 1. The lowest BCUT2D eigenvalue weighted by Gasteiger charge is -2.28. The van der Waals surface area contributed by atoms with Crippen molar-refractivity contribution in [3.05, 3.63) is 33.8 Å². The molecule has 3 N–H and O–H groups in total. The van der Waals surface area contributed by atoms with Crippen molar-refractivity contribution in [2.75, 3.05) is 6.61 Å². The number of halogens is 2. The van der Waals surface area contributed by atoms with Crippen LogP contribution in [0.2, 0.25) is 10.0 Å². The summed E-state index contributed by atoms with van der Waals surface area (Å²) in [6, 6.07) is 4.46. The number of amides is 1. The molecule has 1 amide bonds. The molecule has 0 saturated heterocycles. The summed E-state index contributed by atoms with van der Waals surface area (Å²) in [7, 11) is 0. The van der Waals surface area contributed by atoms with Crippen LogP contribution in [0, 0.1) is 0 Å². The molecule has 1 rings (SSSR count). The van der Waals surface area contributed by atoms with Crippen LogP contribution < -0.4 is 5.32 Å². The maximum atomic E-state index is 11.9. The minimum Gasteiger partial charge on any atom is -0.394 e. The van der Waals surface area contributed by atoms with Gasteiger partial charge in [0.15, 0.2) is 6.10 Å². The summed E-state index contributed by atoms with van der Waals surface area (Å²) < 4.78 is 0. The number of rotatable bonds is 5. The van der Waals surface area contributed by atoms with Gasteiger partial charge in [0, 0.05) is 10.0 Å². The Hall–Kier alpha value is -0.810. The van der Waals surface area contributed by atoms with Gasteiger partial charge in [0.1, 0.15) is 0 Å². The van der Waals surface area contributed by atoms with E-state index in [9.17, 15) is 15.0 Å². The van der Waals surface area contributed by atoms with Crippen molar-refractivity contribution >= 4 is 29.1 Å². The Balaban J connectivity index is 2.87. The first-order valence-electron chi connectivity index (χ1n) is 5.88. The molecule has 1 aromatic carbocycles. The van der Waals surface area contributed by atoms with Crippen LogP contribution in [0.15, 0.2) is 18.2 Å². The lowest BCUT2D eigenvalue weighted by Crippen LogP contribution is -2.50. The molecule has 0 aromatic heterocycles. The summed E-state index contributed by atoms with van der Waals surface area (Å²) >= 11 is 11.6. The zero-order valence-electron chi connectivity index (χ0n) is 10.8. The molecule has 4 nitrogen and oxygen atoms in total. The number of carbonyl (C=O) groups excluding carboxylic acids is 1. The fourth-order valence-electron chi connectivity index (χ4n) is 1.49. The molecule has 0 aliphatic heterocycles. The van der Waals surface area contributed by atoms with E-state index in [1.54, 1.807) is 6.92 Å². The summed E-state index contributed by atoms with van der Waals surface area (Å²) in [5, 5.41) is 22.5. The molecule has 0 aliphatic carbocycles. The van der Waals surface area contributed by atoms with Crippen molar-refractivity contribution in [1.82, 2.24) is 5.32 Å². The molecule has 0 unspecified atom stereocenters.